The summed E-state index contributed by atoms with van der Waals surface area (Å²) in [5.41, 5.74) is 0.368. The Labute approximate surface area is 130 Å². The summed E-state index contributed by atoms with van der Waals surface area (Å²) in [5.74, 6) is -0.552. The van der Waals surface area contributed by atoms with Crippen LogP contribution < -0.4 is 4.72 Å². The molecule has 0 bridgehead atoms. The van der Waals surface area contributed by atoms with E-state index < -0.39 is 15.8 Å². The van der Waals surface area contributed by atoms with Crippen molar-refractivity contribution < 1.29 is 17.6 Å². The smallest absolute Gasteiger partial charge is 0.227 e. The van der Waals surface area contributed by atoms with Gasteiger partial charge in [-0.05, 0) is 30.9 Å². The van der Waals surface area contributed by atoms with Crippen LogP contribution in [-0.2, 0) is 21.2 Å². The molecule has 0 radical (unpaired) electrons. The molecule has 1 saturated heterocycles. The molecule has 0 saturated carbocycles. The molecule has 1 N–H and O–H groups in total. The minimum atomic E-state index is -3.29. The van der Waals surface area contributed by atoms with Crippen molar-refractivity contribution in [1.82, 2.24) is 9.62 Å². The number of rotatable bonds is 5. The summed E-state index contributed by atoms with van der Waals surface area (Å²) in [7, 11) is -3.29. The van der Waals surface area contributed by atoms with E-state index in [4.69, 9.17) is 0 Å². The maximum Gasteiger partial charge on any atom is 0.227 e. The molecule has 0 aromatic heterocycles. The highest BCUT2D eigenvalue weighted by molar-refractivity contribution is 7.88. The number of sulfonamides is 1. The molecular formula is C15H21FN2O3S. The Kier molecular flexibility index (Phi) is 5.52. The number of benzene rings is 1. The summed E-state index contributed by atoms with van der Waals surface area (Å²) in [6, 6.07) is 6.05. The van der Waals surface area contributed by atoms with E-state index in [0.29, 0.717) is 12.1 Å². The number of nitrogens with zero attached hydrogens (tertiary/aromatic N) is 1. The van der Waals surface area contributed by atoms with Gasteiger partial charge in [0.15, 0.2) is 0 Å². The molecular weight excluding hydrogens is 307 g/mol. The molecule has 22 heavy (non-hydrogen) atoms. The van der Waals surface area contributed by atoms with Crippen molar-refractivity contribution in [2.75, 3.05) is 19.3 Å². The number of amides is 1. The van der Waals surface area contributed by atoms with Gasteiger partial charge in [-0.15, -0.1) is 0 Å². The van der Waals surface area contributed by atoms with Gasteiger partial charge in [-0.2, -0.15) is 0 Å². The zero-order valence-electron chi connectivity index (χ0n) is 12.6. The molecule has 1 aliphatic heterocycles. The second-order valence-electron chi connectivity index (χ2n) is 5.63. The van der Waals surface area contributed by atoms with E-state index >= 15 is 0 Å². The molecule has 1 heterocycles. The zero-order valence-corrected chi connectivity index (χ0v) is 13.4. The molecule has 2 rings (SSSR count). The van der Waals surface area contributed by atoms with Crippen LogP contribution in [0.25, 0.3) is 0 Å². The number of halogens is 1. The number of hydrogen-bond acceptors (Lipinski definition) is 3. The van der Waals surface area contributed by atoms with Crippen LogP contribution in [0.15, 0.2) is 24.3 Å². The van der Waals surface area contributed by atoms with Crippen LogP contribution in [-0.4, -0.2) is 44.6 Å². The van der Waals surface area contributed by atoms with Crippen molar-refractivity contribution in [1.29, 1.82) is 0 Å². The Hall–Kier alpha value is -1.47. The van der Waals surface area contributed by atoms with Crippen molar-refractivity contribution >= 4 is 15.9 Å². The van der Waals surface area contributed by atoms with Crippen molar-refractivity contribution in [2.24, 2.45) is 0 Å². The van der Waals surface area contributed by atoms with Gasteiger partial charge in [0.05, 0.1) is 12.7 Å². The second-order valence-corrected chi connectivity index (χ2v) is 7.46. The summed E-state index contributed by atoms with van der Waals surface area (Å²) < 4.78 is 38.6. The van der Waals surface area contributed by atoms with Crippen LogP contribution in [0.2, 0.25) is 0 Å². The maximum absolute atomic E-state index is 13.7. The monoisotopic (exact) mass is 328 g/mol. The van der Waals surface area contributed by atoms with Crippen LogP contribution in [0, 0.1) is 5.82 Å². The van der Waals surface area contributed by atoms with E-state index in [0.717, 1.165) is 25.5 Å². The van der Waals surface area contributed by atoms with E-state index in [9.17, 15) is 17.6 Å². The molecule has 1 aromatic carbocycles. The summed E-state index contributed by atoms with van der Waals surface area (Å²) in [5, 5.41) is 0. The molecule has 1 amide bonds. The first-order valence-electron chi connectivity index (χ1n) is 7.34. The molecule has 1 atom stereocenters. The molecule has 122 valence electrons. The number of piperidine rings is 1. The lowest BCUT2D eigenvalue weighted by atomic mass is 10.0. The summed E-state index contributed by atoms with van der Waals surface area (Å²) in [4.78, 5) is 14.1. The molecule has 0 spiro atoms. The summed E-state index contributed by atoms with van der Waals surface area (Å²) >= 11 is 0. The van der Waals surface area contributed by atoms with Gasteiger partial charge < -0.3 is 4.90 Å². The number of carbonyl (C=O) groups is 1. The Balaban J connectivity index is 2.03. The molecule has 7 heteroatoms. The molecule has 0 aliphatic carbocycles. The quantitative estimate of drug-likeness (QED) is 0.886. The topological polar surface area (TPSA) is 66.5 Å². The van der Waals surface area contributed by atoms with Gasteiger partial charge in [0.2, 0.25) is 15.9 Å². The SMILES string of the molecule is CS(=O)(=O)NC[C@@H]1CCCCN1C(=O)Cc1ccccc1F. The van der Waals surface area contributed by atoms with Crippen molar-refractivity contribution in [3.05, 3.63) is 35.6 Å². The fourth-order valence-corrected chi connectivity index (χ4v) is 3.19. The second kappa shape index (κ2) is 7.19. The Morgan fingerprint density at radius 1 is 1.36 bits per heavy atom. The largest absolute Gasteiger partial charge is 0.338 e. The predicted octanol–water partition coefficient (Wildman–Crippen LogP) is 1.30. The predicted molar refractivity (Wildman–Crippen MR) is 82.3 cm³/mol. The van der Waals surface area contributed by atoms with Gasteiger partial charge in [-0.25, -0.2) is 17.5 Å². The minimum Gasteiger partial charge on any atom is -0.338 e. The van der Waals surface area contributed by atoms with Gasteiger partial charge in [-0.3, -0.25) is 4.79 Å². The standard InChI is InChI=1S/C15H21FN2O3S/c1-22(20,21)17-11-13-7-4-5-9-18(13)15(19)10-12-6-2-3-8-14(12)16/h2-3,6,8,13,17H,4-5,7,9-11H2,1H3/t13-/m0/s1. The zero-order chi connectivity index (χ0) is 16.2. The fourth-order valence-electron chi connectivity index (χ4n) is 2.69. The average Bonchev–Trinajstić information content (AvgIpc) is 2.47. The Bertz CT molecular complexity index is 633. The van der Waals surface area contributed by atoms with Gasteiger partial charge in [0.1, 0.15) is 5.82 Å². The summed E-state index contributed by atoms with van der Waals surface area (Å²) in [6.45, 7) is 0.797. The maximum atomic E-state index is 13.7. The van der Waals surface area contributed by atoms with Crippen LogP contribution in [0.1, 0.15) is 24.8 Å². The van der Waals surface area contributed by atoms with E-state index in [2.05, 4.69) is 4.72 Å². The molecule has 1 aliphatic rings. The van der Waals surface area contributed by atoms with Gasteiger partial charge >= 0.3 is 0 Å². The molecule has 1 aromatic rings. The highest BCUT2D eigenvalue weighted by atomic mass is 32.2. The van der Waals surface area contributed by atoms with Gasteiger partial charge in [0, 0.05) is 19.1 Å². The number of carbonyl (C=O) groups excluding carboxylic acids is 1. The molecule has 5 nitrogen and oxygen atoms in total. The lowest BCUT2D eigenvalue weighted by Crippen LogP contribution is -2.49. The van der Waals surface area contributed by atoms with Crippen LogP contribution >= 0.6 is 0 Å². The first-order chi connectivity index (χ1) is 10.4. The molecule has 0 unspecified atom stereocenters. The fraction of sp³-hybridized carbons (Fsp3) is 0.533. The van der Waals surface area contributed by atoms with Crippen LogP contribution in [0.4, 0.5) is 4.39 Å². The van der Waals surface area contributed by atoms with E-state index in [1.165, 1.54) is 6.07 Å². The van der Waals surface area contributed by atoms with Crippen molar-refractivity contribution in [3.8, 4) is 0 Å². The average molecular weight is 328 g/mol. The lowest BCUT2D eigenvalue weighted by molar-refractivity contribution is -0.134. The van der Waals surface area contributed by atoms with Gasteiger partial charge in [-0.1, -0.05) is 18.2 Å². The Morgan fingerprint density at radius 3 is 2.77 bits per heavy atom. The third-order valence-corrected chi connectivity index (χ3v) is 4.52. The third-order valence-electron chi connectivity index (χ3n) is 3.83. The minimum absolute atomic E-state index is 0.00203. The number of likely N-dealkylation sites (tertiary alicyclic amines) is 1. The van der Waals surface area contributed by atoms with Crippen molar-refractivity contribution in [2.45, 2.75) is 31.7 Å². The van der Waals surface area contributed by atoms with Crippen LogP contribution in [0.5, 0.6) is 0 Å². The van der Waals surface area contributed by atoms with E-state index in [1.807, 2.05) is 0 Å². The first-order valence-corrected chi connectivity index (χ1v) is 9.23. The number of nitrogens with one attached hydrogen (secondary N) is 1. The van der Waals surface area contributed by atoms with Crippen molar-refractivity contribution in [3.63, 3.8) is 0 Å². The van der Waals surface area contributed by atoms with E-state index in [1.54, 1.807) is 23.1 Å². The Morgan fingerprint density at radius 2 is 2.09 bits per heavy atom. The van der Waals surface area contributed by atoms with E-state index in [-0.39, 0.29) is 24.9 Å². The lowest BCUT2D eigenvalue weighted by Gasteiger charge is -2.36. The molecule has 1 fully saturated rings. The first kappa shape index (κ1) is 16.9. The van der Waals surface area contributed by atoms with Crippen LogP contribution in [0.3, 0.4) is 0 Å². The number of hydrogen-bond donors (Lipinski definition) is 1. The highest BCUT2D eigenvalue weighted by Crippen LogP contribution is 2.19. The highest BCUT2D eigenvalue weighted by Gasteiger charge is 2.27. The van der Waals surface area contributed by atoms with Gasteiger partial charge in [0.25, 0.3) is 0 Å². The third kappa shape index (κ3) is 4.78. The summed E-state index contributed by atoms with van der Waals surface area (Å²) in [6.07, 6.45) is 3.70. The normalized spacial score (nSPS) is 19.2.